The number of hydrogen-bond acceptors (Lipinski definition) is 4. The molecule has 0 aromatic carbocycles. The summed E-state index contributed by atoms with van der Waals surface area (Å²) in [5.74, 6) is 1.05. The number of thioether (sulfide) groups is 1. The summed E-state index contributed by atoms with van der Waals surface area (Å²) in [4.78, 5) is 0. The van der Waals surface area contributed by atoms with Crippen LogP contribution in [0.25, 0.3) is 0 Å². The minimum Gasteiger partial charge on any atom is -0.380 e. The maximum absolute atomic E-state index is 5.12. The second-order valence-electron chi connectivity index (χ2n) is 6.50. The lowest BCUT2D eigenvalue weighted by atomic mass is 9.89. The van der Waals surface area contributed by atoms with E-state index in [2.05, 4.69) is 51.5 Å². The molecule has 2 N–H and O–H groups in total. The van der Waals surface area contributed by atoms with E-state index < -0.39 is 0 Å². The summed E-state index contributed by atoms with van der Waals surface area (Å²) in [5.41, 5.74) is 0.867. The van der Waals surface area contributed by atoms with Crippen molar-refractivity contribution in [2.45, 2.75) is 48.5 Å². The summed E-state index contributed by atoms with van der Waals surface area (Å²) in [6.07, 6.45) is 2.10. The van der Waals surface area contributed by atoms with Crippen LogP contribution in [0.15, 0.2) is 0 Å². The summed E-state index contributed by atoms with van der Waals surface area (Å²) < 4.78 is 5.12. The standard InChI is InChI=1S/C7H15NOS.C7H17N.C2H6/c1-7(4-9-5-7)3-8-6-10-2;1-5-8-6-7(2,3)4;1-2/h8H,3-6H2,1-2H3;8H,5-6H2,1-4H3;1-2H3. The zero-order valence-corrected chi connectivity index (χ0v) is 15.9. The third-order valence-electron chi connectivity index (χ3n) is 2.60. The summed E-state index contributed by atoms with van der Waals surface area (Å²) >= 11 is 1.82. The Bertz CT molecular complexity index is 201. The average molecular weight is 307 g/mol. The Labute approximate surface area is 132 Å². The molecule has 0 amide bonds. The maximum Gasteiger partial charge on any atom is 0.0554 e. The average Bonchev–Trinajstić information content (AvgIpc) is 2.37. The summed E-state index contributed by atoms with van der Waals surface area (Å²) in [6, 6.07) is 0. The molecule has 1 saturated heterocycles. The lowest BCUT2D eigenvalue weighted by Crippen LogP contribution is -2.47. The van der Waals surface area contributed by atoms with E-state index in [1.165, 1.54) is 0 Å². The van der Waals surface area contributed by atoms with Gasteiger partial charge in [0.2, 0.25) is 0 Å². The van der Waals surface area contributed by atoms with Crippen molar-refractivity contribution in [3.05, 3.63) is 0 Å². The Kier molecular flexibility index (Phi) is 14.6. The van der Waals surface area contributed by atoms with Crippen molar-refractivity contribution in [1.82, 2.24) is 10.6 Å². The van der Waals surface area contributed by atoms with Gasteiger partial charge in [0.1, 0.15) is 0 Å². The molecule has 1 aliphatic heterocycles. The molecule has 124 valence electrons. The van der Waals surface area contributed by atoms with Crippen LogP contribution in [-0.4, -0.2) is 45.0 Å². The second kappa shape index (κ2) is 12.9. The molecule has 3 nitrogen and oxygen atoms in total. The van der Waals surface area contributed by atoms with Crippen LogP contribution in [0, 0.1) is 10.8 Å². The number of nitrogens with one attached hydrogen (secondary N) is 2. The summed E-state index contributed by atoms with van der Waals surface area (Å²) in [7, 11) is 0. The second-order valence-corrected chi connectivity index (χ2v) is 7.37. The molecule has 1 aliphatic rings. The fourth-order valence-electron chi connectivity index (χ4n) is 1.51. The molecule has 0 unspecified atom stereocenters. The smallest absolute Gasteiger partial charge is 0.0554 e. The molecule has 4 heteroatoms. The highest BCUT2D eigenvalue weighted by atomic mass is 32.2. The molecule has 0 aliphatic carbocycles. The van der Waals surface area contributed by atoms with Gasteiger partial charge in [-0.05, 0) is 24.8 Å². The Balaban J connectivity index is 0. The van der Waals surface area contributed by atoms with Crippen molar-refractivity contribution in [1.29, 1.82) is 0 Å². The van der Waals surface area contributed by atoms with E-state index in [1.54, 1.807) is 0 Å². The quantitative estimate of drug-likeness (QED) is 0.580. The van der Waals surface area contributed by atoms with Crippen molar-refractivity contribution in [3.8, 4) is 0 Å². The van der Waals surface area contributed by atoms with Crippen LogP contribution in [0.4, 0.5) is 0 Å². The molecule has 0 radical (unpaired) electrons. The van der Waals surface area contributed by atoms with E-state index in [1.807, 2.05) is 25.6 Å². The molecule has 20 heavy (non-hydrogen) atoms. The number of ether oxygens (including phenoxy) is 1. The van der Waals surface area contributed by atoms with Gasteiger partial charge in [-0.2, -0.15) is 0 Å². The van der Waals surface area contributed by atoms with Crippen LogP contribution in [0.2, 0.25) is 0 Å². The number of rotatable bonds is 6. The Morgan fingerprint density at radius 1 is 1.15 bits per heavy atom. The van der Waals surface area contributed by atoms with E-state index >= 15 is 0 Å². The molecular formula is C16H38N2OS. The van der Waals surface area contributed by atoms with Crippen molar-refractivity contribution in [2.75, 3.05) is 45.0 Å². The zero-order chi connectivity index (χ0) is 16.1. The zero-order valence-electron chi connectivity index (χ0n) is 15.1. The van der Waals surface area contributed by atoms with Crippen molar-refractivity contribution >= 4 is 11.8 Å². The van der Waals surface area contributed by atoms with Crippen molar-refractivity contribution in [2.24, 2.45) is 10.8 Å². The van der Waals surface area contributed by atoms with Crippen LogP contribution in [0.5, 0.6) is 0 Å². The fraction of sp³-hybridized carbons (Fsp3) is 1.00. The van der Waals surface area contributed by atoms with E-state index in [0.717, 1.165) is 38.7 Å². The molecule has 1 rings (SSSR count). The highest BCUT2D eigenvalue weighted by molar-refractivity contribution is 7.98. The summed E-state index contributed by atoms with van der Waals surface area (Å²) in [5, 5.41) is 6.65. The molecule has 0 aromatic rings. The Hall–Kier alpha value is 0.230. The van der Waals surface area contributed by atoms with Crippen LogP contribution < -0.4 is 10.6 Å². The van der Waals surface area contributed by atoms with Gasteiger partial charge < -0.3 is 15.4 Å². The van der Waals surface area contributed by atoms with Gasteiger partial charge in [0.05, 0.1) is 13.2 Å². The normalized spacial score (nSPS) is 16.2. The molecule has 0 aromatic heterocycles. The van der Waals surface area contributed by atoms with Gasteiger partial charge in [-0.15, -0.1) is 11.8 Å². The van der Waals surface area contributed by atoms with Gasteiger partial charge in [-0.3, -0.25) is 0 Å². The monoisotopic (exact) mass is 306 g/mol. The van der Waals surface area contributed by atoms with Crippen molar-refractivity contribution in [3.63, 3.8) is 0 Å². The van der Waals surface area contributed by atoms with Crippen LogP contribution >= 0.6 is 11.8 Å². The molecule has 0 atom stereocenters. The lowest BCUT2D eigenvalue weighted by Gasteiger charge is -2.38. The SMILES string of the molecule is CC.CCNCC(C)(C)C.CSCNCC1(C)COC1. The fourth-order valence-corrected chi connectivity index (χ4v) is 1.81. The molecule has 0 spiro atoms. The van der Waals surface area contributed by atoms with E-state index in [9.17, 15) is 0 Å². The predicted molar refractivity (Wildman–Crippen MR) is 94.7 cm³/mol. The van der Waals surface area contributed by atoms with Gasteiger partial charge in [0.25, 0.3) is 0 Å². The summed E-state index contributed by atoms with van der Waals surface area (Å²) in [6.45, 7) is 20.2. The Morgan fingerprint density at radius 2 is 1.70 bits per heavy atom. The Morgan fingerprint density at radius 3 is 1.95 bits per heavy atom. The highest BCUT2D eigenvalue weighted by Crippen LogP contribution is 2.24. The number of hydrogen-bond donors (Lipinski definition) is 2. The third kappa shape index (κ3) is 14.6. The predicted octanol–water partition coefficient (Wildman–Crippen LogP) is 3.60. The first-order valence-electron chi connectivity index (χ1n) is 7.81. The highest BCUT2D eigenvalue weighted by Gasteiger charge is 2.32. The molecule has 0 bridgehead atoms. The van der Waals surface area contributed by atoms with E-state index in [4.69, 9.17) is 4.74 Å². The van der Waals surface area contributed by atoms with E-state index in [0.29, 0.717) is 10.8 Å². The minimum atomic E-state index is 0.426. The molecule has 0 saturated carbocycles. The maximum atomic E-state index is 5.12. The van der Waals surface area contributed by atoms with Gasteiger partial charge in [0, 0.05) is 17.8 Å². The largest absolute Gasteiger partial charge is 0.380 e. The molecule has 1 heterocycles. The first kappa shape index (κ1) is 22.5. The van der Waals surface area contributed by atoms with E-state index in [-0.39, 0.29) is 0 Å². The van der Waals surface area contributed by atoms with Gasteiger partial charge in [-0.25, -0.2) is 0 Å². The van der Waals surface area contributed by atoms with Crippen LogP contribution in [0.3, 0.4) is 0 Å². The van der Waals surface area contributed by atoms with Crippen molar-refractivity contribution < 1.29 is 4.74 Å². The molecule has 1 fully saturated rings. The van der Waals surface area contributed by atoms with Gasteiger partial charge >= 0.3 is 0 Å². The van der Waals surface area contributed by atoms with Gasteiger partial charge in [-0.1, -0.05) is 48.5 Å². The topological polar surface area (TPSA) is 33.3 Å². The first-order valence-corrected chi connectivity index (χ1v) is 9.20. The van der Waals surface area contributed by atoms with Crippen LogP contribution in [0.1, 0.15) is 48.5 Å². The van der Waals surface area contributed by atoms with Gasteiger partial charge in [0.15, 0.2) is 0 Å². The third-order valence-corrected chi connectivity index (χ3v) is 3.10. The lowest BCUT2D eigenvalue weighted by molar-refractivity contribution is -0.0983. The van der Waals surface area contributed by atoms with Crippen LogP contribution in [-0.2, 0) is 4.74 Å². The minimum absolute atomic E-state index is 0.426. The molecular weight excluding hydrogens is 268 g/mol. The first-order chi connectivity index (χ1) is 9.33.